The average Bonchev–Trinajstić information content (AvgIpc) is 3.39. The predicted molar refractivity (Wildman–Crippen MR) is 128 cm³/mol. The number of carbonyl (C=O) groups excluding carboxylic acids is 2. The lowest BCUT2D eigenvalue weighted by atomic mass is 9.85. The lowest BCUT2D eigenvalue weighted by molar-refractivity contribution is -0.148. The van der Waals surface area contributed by atoms with Gasteiger partial charge < -0.3 is 20.5 Å². The number of fused-ring (bicyclic) bond motifs is 3. The van der Waals surface area contributed by atoms with Crippen LogP contribution in [-0.2, 0) is 14.3 Å². The van der Waals surface area contributed by atoms with Gasteiger partial charge in [0.2, 0.25) is 5.91 Å². The molecule has 0 bridgehead atoms. The molecule has 1 fully saturated rings. The third kappa shape index (κ3) is 4.52. The number of hydrogen-bond donors (Lipinski definition) is 3. The van der Waals surface area contributed by atoms with Crippen molar-refractivity contribution in [2.45, 2.75) is 64.0 Å². The molecule has 34 heavy (non-hydrogen) atoms. The van der Waals surface area contributed by atoms with Crippen LogP contribution in [0, 0.1) is 5.41 Å². The summed E-state index contributed by atoms with van der Waals surface area (Å²) in [6.07, 6.45) is 1.55. The van der Waals surface area contributed by atoms with Gasteiger partial charge in [-0.05, 0) is 40.5 Å². The topological polar surface area (TPSA) is 105 Å². The molecule has 1 atom stereocenters. The fourth-order valence-corrected chi connectivity index (χ4v) is 5.11. The van der Waals surface area contributed by atoms with Crippen LogP contribution in [0.2, 0.25) is 0 Å². The lowest BCUT2D eigenvalue weighted by Gasteiger charge is -2.34. The van der Waals surface area contributed by atoms with E-state index in [0.717, 1.165) is 35.1 Å². The lowest BCUT2D eigenvalue weighted by Crippen LogP contribution is -2.61. The van der Waals surface area contributed by atoms with Crippen molar-refractivity contribution in [2.75, 3.05) is 6.61 Å². The molecule has 0 aromatic heterocycles. The summed E-state index contributed by atoms with van der Waals surface area (Å²) in [6, 6.07) is 15.2. The molecule has 1 saturated carbocycles. The number of amides is 2. The van der Waals surface area contributed by atoms with Gasteiger partial charge in [0, 0.05) is 5.92 Å². The molecule has 3 N–H and O–H groups in total. The Bertz CT molecular complexity index is 1050. The summed E-state index contributed by atoms with van der Waals surface area (Å²) in [7, 11) is 0. The SMILES string of the molecule is CC(C)(C)C(NC(=O)OCC1c2ccccc2-c2ccccc21)C(=O)NC1(C(=O)O)CCCC1. The van der Waals surface area contributed by atoms with E-state index in [0.29, 0.717) is 12.8 Å². The van der Waals surface area contributed by atoms with Gasteiger partial charge in [0.25, 0.3) is 0 Å². The van der Waals surface area contributed by atoms with Crippen LogP contribution in [0.5, 0.6) is 0 Å². The maximum Gasteiger partial charge on any atom is 0.407 e. The maximum atomic E-state index is 13.1. The average molecular weight is 465 g/mol. The molecular formula is C27H32N2O5. The monoisotopic (exact) mass is 464 g/mol. The Morgan fingerprint density at radius 1 is 1.00 bits per heavy atom. The van der Waals surface area contributed by atoms with E-state index >= 15 is 0 Å². The summed E-state index contributed by atoms with van der Waals surface area (Å²) in [5, 5.41) is 15.1. The van der Waals surface area contributed by atoms with Gasteiger partial charge in [-0.2, -0.15) is 0 Å². The summed E-state index contributed by atoms with van der Waals surface area (Å²) in [4.78, 5) is 37.8. The molecule has 0 radical (unpaired) electrons. The number of rotatable bonds is 6. The molecule has 2 aromatic rings. The van der Waals surface area contributed by atoms with Gasteiger partial charge in [-0.25, -0.2) is 9.59 Å². The molecule has 2 aromatic carbocycles. The molecule has 2 aliphatic rings. The summed E-state index contributed by atoms with van der Waals surface area (Å²) < 4.78 is 5.61. The second-order valence-corrected chi connectivity index (χ2v) is 10.4. The van der Waals surface area contributed by atoms with Crippen molar-refractivity contribution >= 4 is 18.0 Å². The zero-order chi connectivity index (χ0) is 24.5. The van der Waals surface area contributed by atoms with Crippen molar-refractivity contribution in [1.82, 2.24) is 10.6 Å². The molecule has 0 saturated heterocycles. The number of carbonyl (C=O) groups is 3. The summed E-state index contributed by atoms with van der Waals surface area (Å²) in [5.41, 5.74) is 2.55. The second-order valence-electron chi connectivity index (χ2n) is 10.4. The van der Waals surface area contributed by atoms with E-state index < -0.39 is 35.0 Å². The number of carboxylic acids is 1. The molecule has 7 heteroatoms. The Balaban J connectivity index is 1.45. The zero-order valence-corrected chi connectivity index (χ0v) is 19.9. The highest BCUT2D eigenvalue weighted by Gasteiger charge is 2.45. The normalized spacial score (nSPS) is 17.4. The van der Waals surface area contributed by atoms with Crippen LogP contribution >= 0.6 is 0 Å². The van der Waals surface area contributed by atoms with E-state index in [-0.39, 0.29) is 12.5 Å². The third-order valence-electron chi connectivity index (χ3n) is 6.96. The first-order chi connectivity index (χ1) is 16.1. The van der Waals surface area contributed by atoms with E-state index in [9.17, 15) is 19.5 Å². The van der Waals surface area contributed by atoms with Crippen LogP contribution in [0.15, 0.2) is 48.5 Å². The first kappa shape index (κ1) is 23.8. The number of alkyl carbamates (subject to hydrolysis) is 1. The van der Waals surface area contributed by atoms with E-state index in [1.165, 1.54) is 0 Å². The Morgan fingerprint density at radius 3 is 2.03 bits per heavy atom. The standard InChI is InChI=1S/C27H32N2O5/c1-26(2,3)22(23(30)29-27(24(31)32)14-8-9-15-27)28-25(33)34-16-21-19-12-6-4-10-17(19)18-11-5-7-13-20(18)21/h4-7,10-13,21-22H,8-9,14-16H2,1-3H3,(H,28,33)(H,29,30)(H,31,32). The minimum Gasteiger partial charge on any atom is -0.480 e. The smallest absolute Gasteiger partial charge is 0.407 e. The van der Waals surface area contributed by atoms with Crippen LogP contribution in [0.25, 0.3) is 11.1 Å². The highest BCUT2D eigenvalue weighted by molar-refractivity contribution is 5.92. The van der Waals surface area contributed by atoms with Crippen molar-refractivity contribution in [3.8, 4) is 11.1 Å². The first-order valence-electron chi connectivity index (χ1n) is 11.8. The van der Waals surface area contributed by atoms with E-state index in [1.807, 2.05) is 57.2 Å². The van der Waals surface area contributed by atoms with Gasteiger partial charge in [0.1, 0.15) is 18.2 Å². The molecule has 0 aliphatic heterocycles. The molecular weight excluding hydrogens is 432 g/mol. The van der Waals surface area contributed by atoms with Gasteiger partial charge in [-0.1, -0.05) is 82.1 Å². The van der Waals surface area contributed by atoms with Crippen LogP contribution < -0.4 is 10.6 Å². The number of nitrogens with one attached hydrogen (secondary N) is 2. The zero-order valence-electron chi connectivity index (χ0n) is 19.9. The summed E-state index contributed by atoms with van der Waals surface area (Å²) >= 11 is 0. The molecule has 0 heterocycles. The fraction of sp³-hybridized carbons (Fsp3) is 0.444. The molecule has 2 amide bonds. The van der Waals surface area contributed by atoms with Crippen molar-refractivity contribution in [2.24, 2.45) is 5.41 Å². The van der Waals surface area contributed by atoms with Crippen LogP contribution in [0.3, 0.4) is 0 Å². The van der Waals surface area contributed by atoms with Crippen LogP contribution in [0.1, 0.15) is 63.5 Å². The Labute approximate surface area is 199 Å². The largest absolute Gasteiger partial charge is 0.480 e. The number of carboxylic acid groups (broad SMARTS) is 1. The molecule has 7 nitrogen and oxygen atoms in total. The molecule has 2 aliphatic carbocycles. The van der Waals surface area contributed by atoms with Gasteiger partial charge in [-0.15, -0.1) is 0 Å². The third-order valence-corrected chi connectivity index (χ3v) is 6.96. The molecule has 4 rings (SSSR count). The highest BCUT2D eigenvalue weighted by Crippen LogP contribution is 2.44. The predicted octanol–water partition coefficient (Wildman–Crippen LogP) is 4.45. The van der Waals surface area contributed by atoms with E-state index in [1.54, 1.807) is 0 Å². The van der Waals surface area contributed by atoms with Crippen molar-refractivity contribution < 1.29 is 24.2 Å². The fourth-order valence-electron chi connectivity index (χ4n) is 5.11. The molecule has 180 valence electrons. The van der Waals surface area contributed by atoms with E-state index in [2.05, 4.69) is 22.8 Å². The maximum absolute atomic E-state index is 13.1. The minimum absolute atomic E-state index is 0.0890. The van der Waals surface area contributed by atoms with Crippen LogP contribution in [-0.4, -0.2) is 41.3 Å². The summed E-state index contributed by atoms with van der Waals surface area (Å²) in [5.74, 6) is -1.63. The van der Waals surface area contributed by atoms with Crippen molar-refractivity contribution in [3.05, 3.63) is 59.7 Å². The molecule has 1 unspecified atom stereocenters. The summed E-state index contributed by atoms with van der Waals surface area (Å²) in [6.45, 7) is 5.60. The first-order valence-corrected chi connectivity index (χ1v) is 11.8. The number of aliphatic carboxylic acids is 1. The van der Waals surface area contributed by atoms with Crippen molar-refractivity contribution in [3.63, 3.8) is 0 Å². The van der Waals surface area contributed by atoms with Gasteiger partial charge in [-0.3, -0.25) is 4.79 Å². The van der Waals surface area contributed by atoms with Crippen LogP contribution in [0.4, 0.5) is 4.79 Å². The van der Waals surface area contributed by atoms with Gasteiger partial charge in [0.15, 0.2) is 0 Å². The van der Waals surface area contributed by atoms with Gasteiger partial charge in [0.05, 0.1) is 0 Å². The van der Waals surface area contributed by atoms with E-state index in [4.69, 9.17) is 4.74 Å². The number of ether oxygens (including phenoxy) is 1. The number of benzene rings is 2. The second kappa shape index (κ2) is 9.12. The highest BCUT2D eigenvalue weighted by atomic mass is 16.5. The Hall–Kier alpha value is -3.35. The van der Waals surface area contributed by atoms with Gasteiger partial charge >= 0.3 is 12.1 Å². The minimum atomic E-state index is -1.27. The van der Waals surface area contributed by atoms with Crippen molar-refractivity contribution in [1.29, 1.82) is 0 Å². The number of hydrogen-bond acceptors (Lipinski definition) is 4. The molecule has 0 spiro atoms. The Morgan fingerprint density at radius 2 is 1.53 bits per heavy atom. The quantitative estimate of drug-likeness (QED) is 0.586. The Kier molecular flexibility index (Phi) is 6.39.